The summed E-state index contributed by atoms with van der Waals surface area (Å²) in [5.74, 6) is 0.292. The van der Waals surface area contributed by atoms with E-state index in [0.717, 1.165) is 37.8 Å². The summed E-state index contributed by atoms with van der Waals surface area (Å²) in [6.45, 7) is 4.12. The molecule has 0 spiro atoms. The fraction of sp³-hybridized carbons (Fsp3) is 0.667. The fourth-order valence-electron chi connectivity index (χ4n) is 2.74. The summed E-state index contributed by atoms with van der Waals surface area (Å²) in [6, 6.07) is 0.126. The van der Waals surface area contributed by atoms with Gasteiger partial charge in [0, 0.05) is 12.2 Å². The smallest absolute Gasteiger partial charge is 0.254 e. The second-order valence-electron chi connectivity index (χ2n) is 5.51. The molecule has 1 saturated carbocycles. The lowest BCUT2D eigenvalue weighted by Gasteiger charge is -2.37. The Kier molecular flexibility index (Phi) is 5.06. The molecule has 1 heterocycles. The highest BCUT2D eigenvalue weighted by molar-refractivity contribution is 5.95. The normalized spacial score (nSPS) is 22.9. The highest BCUT2D eigenvalue weighted by atomic mass is 16.3. The van der Waals surface area contributed by atoms with Gasteiger partial charge in [-0.15, -0.1) is 0 Å². The number of hydrogen-bond acceptors (Lipinski definition) is 4. The molecule has 0 bridgehead atoms. The summed E-state index contributed by atoms with van der Waals surface area (Å²) in [5.41, 5.74) is 1.39. The van der Waals surface area contributed by atoms with Crippen molar-refractivity contribution in [3.05, 3.63) is 23.8 Å². The van der Waals surface area contributed by atoms with E-state index in [9.17, 15) is 9.90 Å². The van der Waals surface area contributed by atoms with Gasteiger partial charge in [-0.3, -0.25) is 4.79 Å². The molecule has 1 aromatic rings. The standard InChI is InChI=1S/C15H23N3O2/c1-3-5-14-12(8-16-9-17-14)15(20)18-13(4-2)10-6-11(19)7-10/h8-11,13,19H,3-7H2,1-2H3,(H,18,20)/t10?,11?,13-/m0/s1. The second kappa shape index (κ2) is 6.79. The first-order valence-corrected chi connectivity index (χ1v) is 7.43. The summed E-state index contributed by atoms with van der Waals surface area (Å²) in [4.78, 5) is 20.5. The van der Waals surface area contributed by atoms with Crippen molar-refractivity contribution < 1.29 is 9.90 Å². The maximum absolute atomic E-state index is 12.4. The number of aliphatic hydroxyl groups is 1. The van der Waals surface area contributed by atoms with Gasteiger partial charge in [-0.05, 0) is 31.6 Å². The molecule has 1 aliphatic carbocycles. The minimum atomic E-state index is -0.193. The van der Waals surface area contributed by atoms with E-state index in [0.29, 0.717) is 11.5 Å². The molecule has 2 rings (SSSR count). The van der Waals surface area contributed by atoms with Crippen LogP contribution in [-0.4, -0.2) is 33.1 Å². The Morgan fingerprint density at radius 1 is 1.50 bits per heavy atom. The number of aryl methyl sites for hydroxylation is 1. The van der Waals surface area contributed by atoms with Crippen LogP contribution in [0.4, 0.5) is 0 Å². The van der Waals surface area contributed by atoms with Crippen LogP contribution < -0.4 is 5.32 Å². The average molecular weight is 277 g/mol. The molecule has 1 fully saturated rings. The number of carbonyl (C=O) groups is 1. The average Bonchev–Trinajstić information content (AvgIpc) is 2.42. The molecule has 5 nitrogen and oxygen atoms in total. The van der Waals surface area contributed by atoms with Gasteiger partial charge in [-0.2, -0.15) is 0 Å². The number of aliphatic hydroxyl groups excluding tert-OH is 1. The van der Waals surface area contributed by atoms with Gasteiger partial charge in [0.1, 0.15) is 6.33 Å². The number of nitrogens with one attached hydrogen (secondary N) is 1. The zero-order valence-electron chi connectivity index (χ0n) is 12.2. The van der Waals surface area contributed by atoms with Crippen molar-refractivity contribution in [3.8, 4) is 0 Å². The van der Waals surface area contributed by atoms with E-state index >= 15 is 0 Å². The van der Waals surface area contributed by atoms with Crippen molar-refractivity contribution in [3.63, 3.8) is 0 Å². The molecule has 20 heavy (non-hydrogen) atoms. The van der Waals surface area contributed by atoms with E-state index in [2.05, 4.69) is 29.1 Å². The van der Waals surface area contributed by atoms with Crippen LogP contribution in [0.2, 0.25) is 0 Å². The fourth-order valence-corrected chi connectivity index (χ4v) is 2.74. The third-order valence-electron chi connectivity index (χ3n) is 4.00. The second-order valence-corrected chi connectivity index (χ2v) is 5.51. The molecule has 5 heteroatoms. The van der Waals surface area contributed by atoms with Crippen LogP contribution in [0.1, 0.15) is 55.6 Å². The van der Waals surface area contributed by atoms with Gasteiger partial charge in [-0.25, -0.2) is 9.97 Å². The maximum atomic E-state index is 12.4. The van der Waals surface area contributed by atoms with Crippen LogP contribution >= 0.6 is 0 Å². The quantitative estimate of drug-likeness (QED) is 0.830. The van der Waals surface area contributed by atoms with Crippen molar-refractivity contribution in [1.82, 2.24) is 15.3 Å². The van der Waals surface area contributed by atoms with Gasteiger partial charge in [0.2, 0.25) is 0 Å². The van der Waals surface area contributed by atoms with Crippen LogP contribution in [0.15, 0.2) is 12.5 Å². The van der Waals surface area contributed by atoms with Crippen LogP contribution in [0, 0.1) is 5.92 Å². The lowest BCUT2D eigenvalue weighted by Crippen LogP contribution is -2.46. The van der Waals surface area contributed by atoms with Crippen LogP contribution in [0.3, 0.4) is 0 Å². The summed E-state index contributed by atoms with van der Waals surface area (Å²) in [6.07, 6.45) is 7.06. The van der Waals surface area contributed by atoms with Gasteiger partial charge in [0.25, 0.3) is 5.91 Å². The molecule has 0 unspecified atom stereocenters. The summed E-state index contributed by atoms with van der Waals surface area (Å²) in [7, 11) is 0. The van der Waals surface area contributed by atoms with Gasteiger partial charge in [0.05, 0.1) is 17.4 Å². The van der Waals surface area contributed by atoms with Gasteiger partial charge < -0.3 is 10.4 Å². The van der Waals surface area contributed by atoms with Crippen molar-refractivity contribution in [1.29, 1.82) is 0 Å². The predicted octanol–water partition coefficient (Wildman–Crippen LogP) is 1.71. The van der Waals surface area contributed by atoms with Crippen molar-refractivity contribution in [2.75, 3.05) is 0 Å². The van der Waals surface area contributed by atoms with E-state index in [1.54, 1.807) is 6.20 Å². The van der Waals surface area contributed by atoms with E-state index in [1.807, 2.05) is 0 Å². The van der Waals surface area contributed by atoms with Crippen molar-refractivity contribution in [2.45, 2.75) is 58.1 Å². The van der Waals surface area contributed by atoms with E-state index in [4.69, 9.17) is 0 Å². The number of nitrogens with zero attached hydrogens (tertiary/aromatic N) is 2. The molecule has 1 atom stereocenters. The van der Waals surface area contributed by atoms with E-state index < -0.39 is 0 Å². The topological polar surface area (TPSA) is 75.1 Å². The SMILES string of the molecule is CCCc1ncncc1C(=O)N[C@@H](CC)C1CC(O)C1. The molecule has 1 aromatic heterocycles. The lowest BCUT2D eigenvalue weighted by molar-refractivity contribution is 0.0232. The first-order valence-electron chi connectivity index (χ1n) is 7.43. The molecule has 0 radical (unpaired) electrons. The third-order valence-corrected chi connectivity index (χ3v) is 4.00. The summed E-state index contributed by atoms with van der Waals surface area (Å²) < 4.78 is 0. The van der Waals surface area contributed by atoms with Gasteiger partial charge in [0.15, 0.2) is 0 Å². The number of rotatable bonds is 6. The first-order chi connectivity index (χ1) is 9.65. The van der Waals surface area contributed by atoms with Crippen molar-refractivity contribution >= 4 is 5.91 Å². The molecule has 1 aliphatic rings. The number of aromatic nitrogens is 2. The summed E-state index contributed by atoms with van der Waals surface area (Å²) in [5, 5.41) is 12.5. The molecular weight excluding hydrogens is 254 g/mol. The highest BCUT2D eigenvalue weighted by Crippen LogP contribution is 2.31. The number of hydrogen-bond donors (Lipinski definition) is 2. The Morgan fingerprint density at radius 2 is 2.25 bits per heavy atom. The third kappa shape index (κ3) is 3.33. The Bertz CT molecular complexity index is 458. The number of carbonyl (C=O) groups excluding carboxylic acids is 1. The van der Waals surface area contributed by atoms with E-state index in [1.165, 1.54) is 6.33 Å². The van der Waals surface area contributed by atoms with Gasteiger partial charge >= 0.3 is 0 Å². The molecule has 0 saturated heterocycles. The Balaban J connectivity index is 2.03. The van der Waals surface area contributed by atoms with Crippen molar-refractivity contribution in [2.24, 2.45) is 5.92 Å². The van der Waals surface area contributed by atoms with Crippen LogP contribution in [0.5, 0.6) is 0 Å². The minimum Gasteiger partial charge on any atom is -0.393 e. The zero-order valence-corrected chi connectivity index (χ0v) is 12.2. The summed E-state index contributed by atoms with van der Waals surface area (Å²) >= 11 is 0. The van der Waals surface area contributed by atoms with Crippen LogP contribution in [0.25, 0.3) is 0 Å². The molecule has 0 aromatic carbocycles. The molecule has 0 aliphatic heterocycles. The highest BCUT2D eigenvalue weighted by Gasteiger charge is 2.34. The Hall–Kier alpha value is -1.49. The molecule has 2 N–H and O–H groups in total. The minimum absolute atomic E-state index is 0.0951. The monoisotopic (exact) mass is 277 g/mol. The Morgan fingerprint density at radius 3 is 2.85 bits per heavy atom. The largest absolute Gasteiger partial charge is 0.393 e. The number of amides is 1. The lowest BCUT2D eigenvalue weighted by atomic mass is 9.76. The molecule has 110 valence electrons. The zero-order chi connectivity index (χ0) is 14.5. The van der Waals surface area contributed by atoms with Gasteiger partial charge in [-0.1, -0.05) is 20.3 Å². The van der Waals surface area contributed by atoms with E-state index in [-0.39, 0.29) is 18.1 Å². The predicted molar refractivity (Wildman–Crippen MR) is 76.3 cm³/mol. The Labute approximate surface area is 119 Å². The van der Waals surface area contributed by atoms with Crippen LogP contribution in [-0.2, 0) is 6.42 Å². The molecular formula is C15H23N3O2. The maximum Gasteiger partial charge on any atom is 0.254 e. The molecule has 1 amide bonds. The first kappa shape index (κ1) is 14.9.